The van der Waals surface area contributed by atoms with Gasteiger partial charge in [-0.1, -0.05) is 18.2 Å². The van der Waals surface area contributed by atoms with Crippen molar-refractivity contribution in [1.29, 1.82) is 0 Å². The van der Waals surface area contributed by atoms with E-state index in [1.54, 1.807) is 50.4 Å². The second-order valence-electron chi connectivity index (χ2n) is 11.7. The number of hydrogen-bond donors (Lipinski definition) is 1. The predicted molar refractivity (Wildman–Crippen MR) is 171 cm³/mol. The number of methoxy groups -OCH3 is 3. The second-order valence-corrected chi connectivity index (χ2v) is 13.5. The van der Waals surface area contributed by atoms with Crippen molar-refractivity contribution in [3.8, 4) is 17.2 Å². The summed E-state index contributed by atoms with van der Waals surface area (Å²) >= 11 is 0. The van der Waals surface area contributed by atoms with Crippen LogP contribution >= 0.6 is 0 Å². The van der Waals surface area contributed by atoms with Crippen LogP contribution in [0.15, 0.2) is 65.6 Å². The Bertz CT molecular complexity index is 1560. The lowest BCUT2D eigenvalue weighted by atomic mass is 10.1. The molecule has 2 amide bonds. The van der Waals surface area contributed by atoms with E-state index in [0.717, 1.165) is 21.0 Å². The maximum atomic E-state index is 14.3. The number of ether oxygens (including phenoxy) is 3. The van der Waals surface area contributed by atoms with Gasteiger partial charge in [-0.25, -0.2) is 8.42 Å². The van der Waals surface area contributed by atoms with Gasteiger partial charge in [0, 0.05) is 18.2 Å². The minimum atomic E-state index is -4.30. The molecule has 10 nitrogen and oxygen atoms in total. The highest BCUT2D eigenvalue weighted by molar-refractivity contribution is 7.92. The molecule has 0 fully saturated rings. The molecule has 0 unspecified atom stereocenters. The number of sulfonamides is 1. The summed E-state index contributed by atoms with van der Waals surface area (Å²) in [5, 5.41) is 2.93. The van der Waals surface area contributed by atoms with E-state index >= 15 is 0 Å². The molecule has 0 spiro atoms. The van der Waals surface area contributed by atoms with Crippen LogP contribution in [-0.4, -0.2) is 64.6 Å². The zero-order valence-electron chi connectivity index (χ0n) is 26.9. The third-order valence-electron chi connectivity index (χ3n) is 6.89. The van der Waals surface area contributed by atoms with Crippen molar-refractivity contribution in [2.75, 3.05) is 32.2 Å². The van der Waals surface area contributed by atoms with E-state index in [-0.39, 0.29) is 23.1 Å². The number of anilines is 1. The van der Waals surface area contributed by atoms with E-state index < -0.39 is 34.1 Å². The van der Waals surface area contributed by atoms with Crippen LogP contribution in [0.2, 0.25) is 0 Å². The summed E-state index contributed by atoms with van der Waals surface area (Å²) in [6.07, 6.45) is 0. The van der Waals surface area contributed by atoms with Gasteiger partial charge in [0.25, 0.3) is 10.0 Å². The van der Waals surface area contributed by atoms with Crippen molar-refractivity contribution in [1.82, 2.24) is 10.2 Å². The van der Waals surface area contributed by atoms with Crippen LogP contribution in [0, 0.1) is 13.8 Å². The van der Waals surface area contributed by atoms with E-state index in [9.17, 15) is 18.0 Å². The Labute approximate surface area is 261 Å². The van der Waals surface area contributed by atoms with Crippen LogP contribution < -0.4 is 23.8 Å². The van der Waals surface area contributed by atoms with Gasteiger partial charge in [0.05, 0.1) is 31.9 Å². The maximum absolute atomic E-state index is 14.3. The fraction of sp³-hybridized carbons (Fsp3) is 0.394. The van der Waals surface area contributed by atoms with Gasteiger partial charge in [-0.3, -0.25) is 13.9 Å². The summed E-state index contributed by atoms with van der Waals surface area (Å²) in [6, 6.07) is 15.8. The van der Waals surface area contributed by atoms with Crippen LogP contribution in [0.5, 0.6) is 17.2 Å². The summed E-state index contributed by atoms with van der Waals surface area (Å²) in [5.74, 6) is 0.325. The number of nitrogens with one attached hydrogen (secondary N) is 1. The van der Waals surface area contributed by atoms with Gasteiger partial charge in [-0.15, -0.1) is 0 Å². The average molecular weight is 626 g/mol. The first-order valence-corrected chi connectivity index (χ1v) is 15.6. The molecule has 0 aromatic heterocycles. The van der Waals surface area contributed by atoms with Crippen LogP contribution in [0.3, 0.4) is 0 Å². The van der Waals surface area contributed by atoms with E-state index in [1.165, 1.54) is 37.3 Å². The molecule has 1 N–H and O–H groups in total. The van der Waals surface area contributed by atoms with E-state index in [0.29, 0.717) is 17.2 Å². The minimum absolute atomic E-state index is 0.0681. The molecular weight excluding hydrogens is 582 g/mol. The van der Waals surface area contributed by atoms with Crippen molar-refractivity contribution < 1.29 is 32.2 Å². The van der Waals surface area contributed by atoms with Gasteiger partial charge in [0.1, 0.15) is 18.3 Å². The zero-order chi connectivity index (χ0) is 32.8. The molecule has 0 aliphatic rings. The Morgan fingerprint density at radius 1 is 0.841 bits per heavy atom. The van der Waals surface area contributed by atoms with E-state index in [4.69, 9.17) is 14.2 Å². The minimum Gasteiger partial charge on any atom is -0.497 e. The van der Waals surface area contributed by atoms with Gasteiger partial charge >= 0.3 is 0 Å². The SMILES string of the molecule is COc1ccc(CN(C(=O)CN(c2cc(C)cc(C)c2)S(=O)(=O)c2ccc(OC)c(OC)c2)[C@@H](C)C(=O)NC(C)(C)C)cc1. The van der Waals surface area contributed by atoms with Gasteiger partial charge in [0.2, 0.25) is 11.8 Å². The number of nitrogens with zero attached hydrogens (tertiary/aromatic N) is 2. The summed E-state index contributed by atoms with van der Waals surface area (Å²) < 4.78 is 45.5. The molecule has 3 aromatic carbocycles. The first kappa shape index (κ1) is 34.2. The Balaban J connectivity index is 2.11. The quantitative estimate of drug-likeness (QED) is 0.306. The monoisotopic (exact) mass is 625 g/mol. The molecule has 0 saturated heterocycles. The second kappa shape index (κ2) is 14.0. The molecule has 0 radical (unpaired) electrons. The molecular formula is C33H43N3O7S. The topological polar surface area (TPSA) is 114 Å². The summed E-state index contributed by atoms with van der Waals surface area (Å²) in [4.78, 5) is 28.8. The smallest absolute Gasteiger partial charge is 0.264 e. The molecule has 44 heavy (non-hydrogen) atoms. The maximum Gasteiger partial charge on any atom is 0.264 e. The summed E-state index contributed by atoms with van der Waals surface area (Å²) in [5.41, 5.74) is 2.18. The van der Waals surface area contributed by atoms with Gasteiger partial charge in [-0.2, -0.15) is 0 Å². The molecule has 0 aliphatic heterocycles. The first-order valence-electron chi connectivity index (χ1n) is 14.2. The Hall–Kier alpha value is -4.25. The number of benzene rings is 3. The number of carbonyl (C=O) groups is 2. The molecule has 0 heterocycles. The highest BCUT2D eigenvalue weighted by atomic mass is 32.2. The Morgan fingerprint density at radius 3 is 1.95 bits per heavy atom. The molecule has 3 aromatic rings. The summed E-state index contributed by atoms with van der Waals surface area (Å²) in [6.45, 7) is 10.4. The van der Waals surface area contributed by atoms with Gasteiger partial charge < -0.3 is 24.4 Å². The lowest BCUT2D eigenvalue weighted by Crippen LogP contribution is -2.54. The molecule has 11 heteroatoms. The average Bonchev–Trinajstić information content (AvgIpc) is 2.96. The fourth-order valence-corrected chi connectivity index (χ4v) is 6.13. The van der Waals surface area contributed by atoms with Crippen LogP contribution in [-0.2, 0) is 26.2 Å². The molecule has 0 aliphatic carbocycles. The largest absolute Gasteiger partial charge is 0.497 e. The lowest BCUT2D eigenvalue weighted by Gasteiger charge is -2.33. The zero-order valence-corrected chi connectivity index (χ0v) is 27.7. The van der Waals surface area contributed by atoms with E-state index in [2.05, 4.69) is 5.32 Å². The van der Waals surface area contributed by atoms with Crippen LogP contribution in [0.4, 0.5) is 5.69 Å². The van der Waals surface area contributed by atoms with Crippen LogP contribution in [0.1, 0.15) is 44.4 Å². The molecule has 0 bridgehead atoms. The first-order chi connectivity index (χ1) is 20.6. The normalized spacial score (nSPS) is 12.2. The number of rotatable bonds is 12. The predicted octanol–water partition coefficient (Wildman–Crippen LogP) is 4.86. The lowest BCUT2D eigenvalue weighted by molar-refractivity contribution is -0.140. The third-order valence-corrected chi connectivity index (χ3v) is 8.66. The third kappa shape index (κ3) is 8.43. The van der Waals surface area contributed by atoms with Crippen molar-refractivity contribution in [3.63, 3.8) is 0 Å². The highest BCUT2D eigenvalue weighted by Crippen LogP contribution is 2.33. The van der Waals surface area contributed by atoms with Crippen molar-refractivity contribution in [2.45, 2.75) is 64.6 Å². The van der Waals surface area contributed by atoms with Crippen molar-refractivity contribution in [3.05, 3.63) is 77.4 Å². The van der Waals surface area contributed by atoms with Gasteiger partial charge in [0.15, 0.2) is 11.5 Å². The number of aryl methyl sites for hydroxylation is 2. The molecule has 1 atom stereocenters. The Kier molecular flexibility index (Phi) is 10.9. The van der Waals surface area contributed by atoms with Crippen molar-refractivity contribution in [2.24, 2.45) is 0 Å². The molecule has 0 saturated carbocycles. The van der Waals surface area contributed by atoms with Gasteiger partial charge in [-0.05, 0) is 94.6 Å². The van der Waals surface area contributed by atoms with Crippen molar-refractivity contribution >= 4 is 27.5 Å². The number of amides is 2. The fourth-order valence-electron chi connectivity index (χ4n) is 4.71. The standard InChI is InChI=1S/C33H43N3O7S/c1-22-16-23(2)18-26(17-22)36(44(39,40)28-14-15-29(42-8)30(19-28)43-9)21-31(37)35(24(3)32(38)34-33(4,5)6)20-25-10-12-27(41-7)13-11-25/h10-19,24H,20-21H2,1-9H3,(H,34,38)/t24-/m0/s1. The number of hydrogen-bond acceptors (Lipinski definition) is 7. The van der Waals surface area contributed by atoms with E-state index in [1.807, 2.05) is 40.7 Å². The summed E-state index contributed by atoms with van der Waals surface area (Å²) in [7, 11) is 0.139. The Morgan fingerprint density at radius 2 is 1.43 bits per heavy atom. The molecule has 3 rings (SSSR count). The van der Waals surface area contributed by atoms with Crippen LogP contribution in [0.25, 0.3) is 0 Å². The molecule has 238 valence electrons. The highest BCUT2D eigenvalue weighted by Gasteiger charge is 2.34. The number of carbonyl (C=O) groups excluding carboxylic acids is 2.